The van der Waals surface area contributed by atoms with Gasteiger partial charge in [0, 0.05) is 134 Å². The molecule has 0 aliphatic carbocycles. The van der Waals surface area contributed by atoms with E-state index in [2.05, 4.69) is 66.2 Å². The van der Waals surface area contributed by atoms with Gasteiger partial charge >= 0.3 is 41.7 Å². The Balaban J connectivity index is 0.000000195. The number of ether oxygens (including phenoxy) is 2. The molecule has 104 heavy (non-hydrogen) atoms. The number of hydrogen-bond acceptors (Lipinski definition) is 18. The predicted molar refractivity (Wildman–Crippen MR) is 399 cm³/mol. The number of pyridine rings is 3. The summed E-state index contributed by atoms with van der Waals surface area (Å²) >= 11 is 6.67. The van der Waals surface area contributed by atoms with Crippen LogP contribution >= 0.6 is 11.6 Å². The van der Waals surface area contributed by atoms with Crippen molar-refractivity contribution in [1.82, 2.24) is 74.1 Å². The van der Waals surface area contributed by atoms with Crippen molar-refractivity contribution in [3.63, 3.8) is 0 Å². The molecule has 0 spiro atoms. The molecule has 3 aliphatic rings. The van der Waals surface area contributed by atoms with Gasteiger partial charge in [-0.05, 0) is 119 Å². The molecule has 9 aromatic rings. The zero-order valence-electron chi connectivity index (χ0n) is 62.2. The van der Waals surface area contributed by atoms with Crippen LogP contribution in [0.25, 0.3) is 33.1 Å². The van der Waals surface area contributed by atoms with Gasteiger partial charge < -0.3 is 55.6 Å². The minimum Gasteiger partial charge on any atom is -0.857 e. The second kappa shape index (κ2) is 36.2. The third-order valence-electron chi connectivity index (χ3n) is 17.6. The van der Waals surface area contributed by atoms with E-state index in [9.17, 15) is 33.6 Å². The first-order chi connectivity index (χ1) is 49.1. The van der Waals surface area contributed by atoms with E-state index in [0.717, 1.165) is 101 Å². The van der Waals surface area contributed by atoms with Crippen molar-refractivity contribution in [2.45, 2.75) is 114 Å². The molecule has 0 unspecified atom stereocenters. The van der Waals surface area contributed by atoms with Crippen LogP contribution in [0, 0.1) is 41.5 Å². The van der Waals surface area contributed by atoms with Gasteiger partial charge in [-0.3, -0.25) is 38.7 Å². The number of anilines is 3. The molecule has 0 saturated carbocycles. The average Bonchev–Trinajstić information content (AvgIpc) is 1.62. The number of aromatic nitrogens is 9. The summed E-state index contributed by atoms with van der Waals surface area (Å²) in [5, 5.41) is 35.7. The van der Waals surface area contributed by atoms with Gasteiger partial charge in [0.1, 0.15) is 33.6 Å². The van der Waals surface area contributed by atoms with Crippen molar-refractivity contribution in [3.8, 4) is 0 Å². The molecule has 3 fully saturated rings. The summed E-state index contributed by atoms with van der Waals surface area (Å²) in [4.78, 5) is 110. The summed E-state index contributed by atoms with van der Waals surface area (Å²) in [5.41, 5.74) is 7.91. The largest absolute Gasteiger partial charge is 1.00 e. The molecule has 6 N–H and O–H groups in total. The van der Waals surface area contributed by atoms with Crippen molar-refractivity contribution in [1.29, 1.82) is 0 Å². The van der Waals surface area contributed by atoms with Gasteiger partial charge in [0.05, 0.1) is 63.5 Å². The van der Waals surface area contributed by atoms with E-state index >= 15 is 0 Å². The average molecular weight is 1460 g/mol. The second-order valence-electron chi connectivity index (χ2n) is 27.8. The SMILES string of the molecule is C[O-].Cc1ccc(NC(=O)c2c[nH]c3c(c(C)nn3CCN3CCN(C(=O)OC(C)(C)C)CC3)c2=O)cc1.Cc1ccc(NC(=O)c2c[nH]c3c(c(C)nn3CCN3CCNCC3)c2=O)cc1.Cc1ccc(NC(=O)c2cnc3c(c(C)nn3CCN3CCN(C(=O)OC(C)(C)C)CC3)c2Cl)cc1.[Na+]. The quantitative estimate of drug-likeness (QED) is 0.0724. The molecule has 30 heteroatoms. The monoisotopic (exact) mass is 1450 g/mol. The van der Waals surface area contributed by atoms with E-state index in [-0.39, 0.29) is 69.6 Å². The summed E-state index contributed by atoms with van der Waals surface area (Å²) < 4.78 is 16.4. The van der Waals surface area contributed by atoms with E-state index in [1.165, 1.54) is 18.6 Å². The van der Waals surface area contributed by atoms with Gasteiger partial charge in [-0.1, -0.05) is 64.7 Å². The van der Waals surface area contributed by atoms with Crippen LogP contribution in [0.4, 0.5) is 26.7 Å². The maximum Gasteiger partial charge on any atom is 1.00 e. The number of rotatable bonds is 15. The van der Waals surface area contributed by atoms with Crippen LogP contribution in [0.2, 0.25) is 5.02 Å². The van der Waals surface area contributed by atoms with Crippen molar-refractivity contribution in [2.75, 3.05) is 121 Å². The smallest absolute Gasteiger partial charge is 0.857 e. The molecule has 550 valence electrons. The molecule has 0 radical (unpaired) electrons. The number of halogens is 1. The summed E-state index contributed by atoms with van der Waals surface area (Å²) in [7, 11) is 0.750. The molecule has 12 rings (SSSR count). The standard InChI is InChI=1S/C26H33ClN6O3.C26H34N6O4.C21H26N6O2.CH3O.Na/c1-17-6-8-19(9-7-17)29-24(34)20-16-28-23-21(22(20)27)18(2)30-33(23)15-12-31-10-13-32(14-11-31)25(35)36-26(3,4)5;1-17-6-8-19(9-7-17)28-24(34)20-16-27-23-21(22(20)33)18(2)29-32(23)15-12-30-10-13-31(14-11-30)25(35)36-26(3,4)5;1-14-3-5-16(6-4-14)24-21(29)17-13-23-20-18(19(17)28)15(2)25-27(20)12-11-26-9-7-22-8-10-26;1-2;/h6-9,16H,10-15H2,1-5H3,(H,29,34);6-9,16H,10-15H2,1-5H3,(H,27,33)(H,28,34);3-6,13,22H,7-12H2,1-2H3,(H,23,28)(H,24,29);1H3;/q;;;-1;+1. The number of nitrogens with zero attached hydrogens (tertiary/aromatic N) is 12. The van der Waals surface area contributed by atoms with Crippen LogP contribution in [0.15, 0.2) is 101 Å². The molecule has 6 aromatic heterocycles. The molecular formula is C74H96ClN18NaO10. The molecule has 3 saturated heterocycles. The third-order valence-corrected chi connectivity index (χ3v) is 18.0. The second-order valence-corrected chi connectivity index (χ2v) is 28.2. The summed E-state index contributed by atoms with van der Waals surface area (Å²) in [6.45, 7) is 36.3. The first-order valence-electron chi connectivity index (χ1n) is 34.6. The van der Waals surface area contributed by atoms with Crippen molar-refractivity contribution in [3.05, 3.63) is 167 Å². The van der Waals surface area contributed by atoms with Crippen LogP contribution in [0.3, 0.4) is 0 Å². The van der Waals surface area contributed by atoms with Crippen molar-refractivity contribution < 1.29 is 68.1 Å². The molecule has 9 heterocycles. The predicted octanol–water partition coefficient (Wildman–Crippen LogP) is 5.13. The van der Waals surface area contributed by atoms with Crippen LogP contribution in [0.5, 0.6) is 0 Å². The van der Waals surface area contributed by atoms with E-state index in [4.69, 9.17) is 26.2 Å². The Labute approximate surface area is 632 Å². The van der Waals surface area contributed by atoms with Crippen LogP contribution in [0.1, 0.15) is 106 Å². The Morgan fingerprint density at radius 3 is 1.16 bits per heavy atom. The van der Waals surface area contributed by atoms with E-state index < -0.39 is 23.0 Å². The van der Waals surface area contributed by atoms with Crippen LogP contribution < -0.4 is 66.8 Å². The molecular weight excluding hydrogens is 1360 g/mol. The van der Waals surface area contributed by atoms with Gasteiger partial charge in [0.15, 0.2) is 5.65 Å². The van der Waals surface area contributed by atoms with Gasteiger partial charge in [0.25, 0.3) is 17.7 Å². The summed E-state index contributed by atoms with van der Waals surface area (Å²) in [5.74, 6) is -1.20. The number of H-pyrrole nitrogens is 2. The Morgan fingerprint density at radius 1 is 0.471 bits per heavy atom. The number of fused-ring (bicyclic) bond motifs is 3. The third kappa shape index (κ3) is 21.2. The fraction of sp³-hybridized carbons (Fsp3) is 0.446. The van der Waals surface area contributed by atoms with Gasteiger partial charge in [0.2, 0.25) is 10.9 Å². The summed E-state index contributed by atoms with van der Waals surface area (Å²) in [6.07, 6.45) is 3.89. The first-order valence-corrected chi connectivity index (χ1v) is 35.0. The number of carbonyl (C=O) groups is 5. The fourth-order valence-corrected chi connectivity index (χ4v) is 12.4. The molecule has 0 atom stereocenters. The maximum atomic E-state index is 13.2. The van der Waals surface area contributed by atoms with Crippen LogP contribution in [-0.4, -0.2) is 215 Å². The number of benzene rings is 3. The molecule has 3 aliphatic heterocycles. The van der Waals surface area contributed by atoms with Crippen LogP contribution in [-0.2, 0) is 29.1 Å². The molecule has 5 amide bonds. The summed E-state index contributed by atoms with van der Waals surface area (Å²) in [6, 6.07) is 22.4. The Hall–Kier alpha value is -8.84. The van der Waals surface area contributed by atoms with Gasteiger partial charge in [-0.15, -0.1) is 0 Å². The minimum absolute atomic E-state index is 0. The topological polar surface area (TPSA) is 323 Å². The zero-order chi connectivity index (χ0) is 74.4. The van der Waals surface area contributed by atoms with E-state index in [1.807, 2.05) is 139 Å². The van der Waals surface area contributed by atoms with E-state index in [1.54, 1.807) is 40.5 Å². The minimum atomic E-state index is -0.509. The molecule has 3 aromatic carbocycles. The van der Waals surface area contributed by atoms with Crippen molar-refractivity contribution >= 4 is 91.7 Å². The Kier molecular flexibility index (Phi) is 28.2. The normalized spacial score (nSPS) is 14.5. The van der Waals surface area contributed by atoms with Crippen molar-refractivity contribution in [2.24, 2.45) is 0 Å². The number of amides is 5. The number of aryl methyl sites for hydroxylation is 6. The number of nitrogens with one attached hydrogen (secondary N) is 6. The zero-order valence-corrected chi connectivity index (χ0v) is 65.0. The molecule has 28 nitrogen and oxygen atoms in total. The van der Waals surface area contributed by atoms with Gasteiger partial charge in [-0.2, -0.15) is 22.4 Å². The Bertz CT molecular complexity index is 4570. The number of piperazine rings is 3. The number of aromatic amines is 2. The Morgan fingerprint density at radius 2 is 0.798 bits per heavy atom. The fourth-order valence-electron chi connectivity index (χ4n) is 12.0. The van der Waals surface area contributed by atoms with Gasteiger partial charge in [-0.25, -0.2) is 28.6 Å². The maximum absolute atomic E-state index is 13.2. The van der Waals surface area contributed by atoms with E-state index in [0.29, 0.717) is 118 Å². The number of carbonyl (C=O) groups excluding carboxylic acids is 5. The first kappa shape index (κ1) is 80.8. The molecule has 0 bridgehead atoms. The number of hydrogen-bond donors (Lipinski definition) is 6.